The van der Waals surface area contributed by atoms with E-state index < -0.39 is 0 Å². The maximum Gasteiger partial charge on any atom is 0.0741 e. The van der Waals surface area contributed by atoms with Gasteiger partial charge in [0.25, 0.3) is 0 Å². The van der Waals surface area contributed by atoms with Gasteiger partial charge in [0.15, 0.2) is 0 Å². The average molecular weight is 228 g/mol. The Morgan fingerprint density at radius 1 is 1.12 bits per heavy atom. The maximum absolute atomic E-state index is 5.76. The highest BCUT2D eigenvalue weighted by atomic mass is 16.5. The summed E-state index contributed by atoms with van der Waals surface area (Å²) in [7, 11) is 0. The van der Waals surface area contributed by atoms with Crippen LogP contribution in [0.5, 0.6) is 0 Å². The number of rotatable bonds is 5. The number of hydrogen-bond donors (Lipinski definition) is 2. The number of nitrogens with two attached hydrogens (primary N) is 1. The standard InChI is InChI=1S/C12H24N2O2/c13-14-11(12-5-1-2-8-16-12)7-6-10-4-3-9-15-10/h10-12,14H,1-9,13H2. The Morgan fingerprint density at radius 2 is 2.00 bits per heavy atom. The molecule has 4 nitrogen and oxygen atoms in total. The Bertz CT molecular complexity index is 189. The minimum Gasteiger partial charge on any atom is -0.378 e. The van der Waals surface area contributed by atoms with E-state index in [1.807, 2.05) is 0 Å². The van der Waals surface area contributed by atoms with Crippen LogP contribution in [-0.2, 0) is 9.47 Å². The molecule has 2 aliphatic rings. The summed E-state index contributed by atoms with van der Waals surface area (Å²) < 4.78 is 11.4. The molecule has 94 valence electrons. The largest absolute Gasteiger partial charge is 0.378 e. The van der Waals surface area contributed by atoms with E-state index in [1.54, 1.807) is 0 Å². The molecule has 0 radical (unpaired) electrons. The molecule has 0 spiro atoms. The van der Waals surface area contributed by atoms with Gasteiger partial charge in [0.1, 0.15) is 0 Å². The van der Waals surface area contributed by atoms with Crippen molar-refractivity contribution in [1.82, 2.24) is 5.43 Å². The average Bonchev–Trinajstić information content (AvgIpc) is 2.84. The predicted octanol–water partition coefficient (Wildman–Crippen LogP) is 1.35. The fourth-order valence-electron chi connectivity index (χ4n) is 2.70. The second-order valence-corrected chi connectivity index (χ2v) is 4.89. The SMILES string of the molecule is NNC(CCC1CCCO1)C1CCCCO1. The molecule has 3 unspecified atom stereocenters. The van der Waals surface area contributed by atoms with E-state index in [0.717, 1.165) is 32.5 Å². The molecule has 2 heterocycles. The lowest BCUT2D eigenvalue weighted by molar-refractivity contribution is -0.0129. The Hall–Kier alpha value is -0.160. The van der Waals surface area contributed by atoms with Crippen molar-refractivity contribution in [2.45, 2.75) is 63.2 Å². The number of ether oxygens (including phenoxy) is 2. The predicted molar refractivity (Wildman–Crippen MR) is 62.9 cm³/mol. The van der Waals surface area contributed by atoms with Crippen molar-refractivity contribution in [1.29, 1.82) is 0 Å². The van der Waals surface area contributed by atoms with Crippen molar-refractivity contribution in [3.63, 3.8) is 0 Å². The van der Waals surface area contributed by atoms with Crippen LogP contribution in [-0.4, -0.2) is 31.5 Å². The molecular weight excluding hydrogens is 204 g/mol. The van der Waals surface area contributed by atoms with E-state index in [1.165, 1.54) is 25.7 Å². The lowest BCUT2D eigenvalue weighted by Gasteiger charge is -2.30. The number of nitrogens with one attached hydrogen (secondary N) is 1. The highest BCUT2D eigenvalue weighted by molar-refractivity contribution is 4.79. The van der Waals surface area contributed by atoms with Crippen molar-refractivity contribution < 1.29 is 9.47 Å². The molecule has 0 aromatic carbocycles. The van der Waals surface area contributed by atoms with Crippen LogP contribution < -0.4 is 11.3 Å². The Balaban J connectivity index is 1.70. The molecule has 0 aromatic rings. The number of hydrogen-bond acceptors (Lipinski definition) is 4. The summed E-state index contributed by atoms with van der Waals surface area (Å²) >= 11 is 0. The third-order valence-electron chi connectivity index (χ3n) is 3.70. The zero-order valence-electron chi connectivity index (χ0n) is 9.99. The first-order valence-electron chi connectivity index (χ1n) is 6.59. The minimum atomic E-state index is 0.296. The summed E-state index contributed by atoms with van der Waals surface area (Å²) in [4.78, 5) is 0. The molecule has 2 fully saturated rings. The van der Waals surface area contributed by atoms with E-state index >= 15 is 0 Å². The monoisotopic (exact) mass is 228 g/mol. The third-order valence-corrected chi connectivity index (χ3v) is 3.70. The second-order valence-electron chi connectivity index (χ2n) is 4.89. The molecule has 3 atom stereocenters. The van der Waals surface area contributed by atoms with Crippen LogP contribution in [0.1, 0.15) is 44.9 Å². The maximum atomic E-state index is 5.76. The van der Waals surface area contributed by atoms with Gasteiger partial charge in [-0.1, -0.05) is 0 Å². The van der Waals surface area contributed by atoms with Crippen molar-refractivity contribution in [2.75, 3.05) is 13.2 Å². The summed E-state index contributed by atoms with van der Waals surface area (Å²) in [6, 6.07) is 0.296. The van der Waals surface area contributed by atoms with Gasteiger partial charge in [0.05, 0.1) is 12.2 Å². The van der Waals surface area contributed by atoms with Gasteiger partial charge in [-0.3, -0.25) is 11.3 Å². The second kappa shape index (κ2) is 6.55. The molecule has 2 saturated heterocycles. The van der Waals surface area contributed by atoms with Crippen LogP contribution in [0.15, 0.2) is 0 Å². The fourth-order valence-corrected chi connectivity index (χ4v) is 2.70. The van der Waals surface area contributed by atoms with Gasteiger partial charge in [-0.05, 0) is 44.9 Å². The van der Waals surface area contributed by atoms with Crippen LogP contribution in [0.25, 0.3) is 0 Å². The highest BCUT2D eigenvalue weighted by Gasteiger charge is 2.25. The molecular formula is C12H24N2O2. The quantitative estimate of drug-likeness (QED) is 0.551. The first-order chi connectivity index (χ1) is 7.90. The van der Waals surface area contributed by atoms with Crippen LogP contribution >= 0.6 is 0 Å². The summed E-state index contributed by atoms with van der Waals surface area (Å²) in [5, 5.41) is 0. The first kappa shape index (κ1) is 12.3. The summed E-state index contributed by atoms with van der Waals surface area (Å²) in [5.74, 6) is 5.62. The molecule has 0 saturated carbocycles. The van der Waals surface area contributed by atoms with Crippen molar-refractivity contribution in [3.05, 3.63) is 0 Å². The van der Waals surface area contributed by atoms with Gasteiger partial charge in [0.2, 0.25) is 0 Å². The molecule has 2 rings (SSSR count). The molecule has 0 amide bonds. The zero-order chi connectivity index (χ0) is 11.2. The van der Waals surface area contributed by atoms with Gasteiger partial charge < -0.3 is 9.47 Å². The van der Waals surface area contributed by atoms with Gasteiger partial charge in [-0.2, -0.15) is 0 Å². The zero-order valence-corrected chi connectivity index (χ0v) is 9.99. The molecule has 0 bridgehead atoms. The van der Waals surface area contributed by atoms with Crippen molar-refractivity contribution in [2.24, 2.45) is 5.84 Å². The van der Waals surface area contributed by atoms with E-state index in [9.17, 15) is 0 Å². The van der Waals surface area contributed by atoms with Gasteiger partial charge in [-0.25, -0.2) is 0 Å². The van der Waals surface area contributed by atoms with Crippen molar-refractivity contribution >= 4 is 0 Å². The molecule has 16 heavy (non-hydrogen) atoms. The molecule has 2 aliphatic heterocycles. The Labute approximate surface area is 97.8 Å². The van der Waals surface area contributed by atoms with Crippen LogP contribution in [0.2, 0.25) is 0 Å². The smallest absolute Gasteiger partial charge is 0.0741 e. The van der Waals surface area contributed by atoms with Crippen LogP contribution in [0.3, 0.4) is 0 Å². The Kier molecular flexibility index (Phi) is 5.03. The molecule has 4 heteroatoms. The van der Waals surface area contributed by atoms with Crippen LogP contribution in [0, 0.1) is 0 Å². The molecule has 0 aromatic heterocycles. The van der Waals surface area contributed by atoms with E-state index in [4.69, 9.17) is 15.3 Å². The molecule has 3 N–H and O–H groups in total. The summed E-state index contributed by atoms with van der Waals surface area (Å²) in [6.07, 6.45) is 8.96. The van der Waals surface area contributed by atoms with E-state index in [-0.39, 0.29) is 0 Å². The first-order valence-corrected chi connectivity index (χ1v) is 6.59. The summed E-state index contributed by atoms with van der Waals surface area (Å²) in [6.45, 7) is 1.83. The minimum absolute atomic E-state index is 0.296. The lowest BCUT2D eigenvalue weighted by atomic mass is 9.97. The normalized spacial score (nSPS) is 32.8. The fraction of sp³-hybridized carbons (Fsp3) is 1.00. The molecule has 0 aliphatic carbocycles. The lowest BCUT2D eigenvalue weighted by Crippen LogP contribution is -2.46. The van der Waals surface area contributed by atoms with E-state index in [0.29, 0.717) is 18.2 Å². The summed E-state index contributed by atoms with van der Waals surface area (Å²) in [5.41, 5.74) is 2.92. The van der Waals surface area contributed by atoms with Gasteiger partial charge >= 0.3 is 0 Å². The van der Waals surface area contributed by atoms with E-state index in [2.05, 4.69) is 5.43 Å². The topological polar surface area (TPSA) is 56.5 Å². The van der Waals surface area contributed by atoms with Gasteiger partial charge in [-0.15, -0.1) is 0 Å². The van der Waals surface area contributed by atoms with Crippen LogP contribution in [0.4, 0.5) is 0 Å². The van der Waals surface area contributed by atoms with Crippen molar-refractivity contribution in [3.8, 4) is 0 Å². The highest BCUT2D eigenvalue weighted by Crippen LogP contribution is 2.22. The Morgan fingerprint density at radius 3 is 2.62 bits per heavy atom. The number of hydrazine groups is 1. The third kappa shape index (κ3) is 3.42. The van der Waals surface area contributed by atoms with Gasteiger partial charge in [0, 0.05) is 19.3 Å².